The number of hydrogen-bond donors (Lipinski definition) is 1. The summed E-state index contributed by atoms with van der Waals surface area (Å²) in [6.07, 6.45) is 0. The third-order valence-corrected chi connectivity index (χ3v) is 6.13. The van der Waals surface area contributed by atoms with E-state index in [0.29, 0.717) is 5.56 Å². The molecular formula is C21H16N2OS2. The second kappa shape index (κ2) is 7.72. The molecule has 0 spiro atoms. The van der Waals surface area contributed by atoms with Gasteiger partial charge in [0.1, 0.15) is 0 Å². The molecular weight excluding hydrogens is 360 g/mol. The highest BCUT2D eigenvalue weighted by Gasteiger charge is 2.07. The van der Waals surface area contributed by atoms with E-state index in [-0.39, 0.29) is 5.91 Å². The third-order valence-electron chi connectivity index (χ3n) is 3.88. The molecule has 4 rings (SSSR count). The minimum Gasteiger partial charge on any atom is -0.322 e. The maximum atomic E-state index is 12.3. The van der Waals surface area contributed by atoms with Crippen LogP contribution in [-0.2, 0) is 5.75 Å². The number of carbonyl (C=O) groups is 1. The second-order valence-electron chi connectivity index (χ2n) is 5.75. The normalized spacial score (nSPS) is 10.8. The van der Waals surface area contributed by atoms with Gasteiger partial charge in [0.2, 0.25) is 0 Å². The highest BCUT2D eigenvalue weighted by molar-refractivity contribution is 8.00. The summed E-state index contributed by atoms with van der Waals surface area (Å²) >= 11 is 3.44. The summed E-state index contributed by atoms with van der Waals surface area (Å²) < 4.78 is 2.28. The van der Waals surface area contributed by atoms with Crippen molar-refractivity contribution in [3.63, 3.8) is 0 Å². The van der Waals surface area contributed by atoms with Gasteiger partial charge in [-0.3, -0.25) is 4.79 Å². The molecule has 1 heterocycles. The quantitative estimate of drug-likeness (QED) is 0.445. The minimum atomic E-state index is -0.0958. The van der Waals surface area contributed by atoms with Crippen molar-refractivity contribution in [2.45, 2.75) is 10.1 Å². The van der Waals surface area contributed by atoms with E-state index in [1.165, 1.54) is 10.3 Å². The lowest BCUT2D eigenvalue weighted by molar-refractivity contribution is 0.102. The van der Waals surface area contributed by atoms with Crippen LogP contribution in [0.1, 0.15) is 15.9 Å². The molecule has 0 bridgehead atoms. The van der Waals surface area contributed by atoms with Gasteiger partial charge < -0.3 is 5.32 Å². The van der Waals surface area contributed by atoms with Crippen LogP contribution in [0.15, 0.2) is 83.2 Å². The molecule has 0 radical (unpaired) electrons. The molecule has 5 heteroatoms. The van der Waals surface area contributed by atoms with Gasteiger partial charge in [-0.25, -0.2) is 4.98 Å². The zero-order valence-electron chi connectivity index (χ0n) is 13.9. The molecule has 1 N–H and O–H groups in total. The van der Waals surface area contributed by atoms with Gasteiger partial charge in [0.15, 0.2) is 4.34 Å². The van der Waals surface area contributed by atoms with Crippen molar-refractivity contribution in [3.8, 4) is 0 Å². The topological polar surface area (TPSA) is 42.0 Å². The molecule has 0 saturated carbocycles. The lowest BCUT2D eigenvalue weighted by Gasteiger charge is -2.06. The van der Waals surface area contributed by atoms with Crippen LogP contribution in [0.3, 0.4) is 0 Å². The first-order valence-corrected chi connectivity index (χ1v) is 10.0. The van der Waals surface area contributed by atoms with Crippen LogP contribution in [0.2, 0.25) is 0 Å². The number of aromatic nitrogens is 1. The molecule has 128 valence electrons. The Kier molecular flexibility index (Phi) is 5.00. The lowest BCUT2D eigenvalue weighted by Crippen LogP contribution is -2.11. The van der Waals surface area contributed by atoms with Crippen LogP contribution in [0.25, 0.3) is 10.2 Å². The lowest BCUT2D eigenvalue weighted by atomic mass is 10.1. The number of para-hydroxylation sites is 2. The van der Waals surface area contributed by atoms with Crippen molar-refractivity contribution < 1.29 is 4.79 Å². The number of thiazole rings is 1. The first-order chi connectivity index (χ1) is 12.8. The Hall–Kier alpha value is -2.63. The van der Waals surface area contributed by atoms with E-state index in [1.807, 2.05) is 72.8 Å². The number of thioether (sulfide) groups is 1. The van der Waals surface area contributed by atoms with Crippen LogP contribution < -0.4 is 5.32 Å². The number of amides is 1. The standard InChI is InChI=1S/C21H16N2OS2/c24-20(22-17-6-2-1-3-7-17)16-12-10-15(11-13-16)14-25-21-23-18-8-4-5-9-19(18)26-21/h1-13H,14H2,(H,22,24). The largest absolute Gasteiger partial charge is 0.322 e. The zero-order chi connectivity index (χ0) is 17.8. The number of nitrogens with one attached hydrogen (secondary N) is 1. The average Bonchev–Trinajstić information content (AvgIpc) is 3.10. The molecule has 3 nitrogen and oxygen atoms in total. The maximum Gasteiger partial charge on any atom is 0.255 e. The number of hydrogen-bond acceptors (Lipinski definition) is 4. The molecule has 3 aromatic carbocycles. The summed E-state index contributed by atoms with van der Waals surface area (Å²) in [5.41, 5.74) is 3.68. The fraction of sp³-hybridized carbons (Fsp3) is 0.0476. The Morgan fingerprint density at radius 1 is 0.923 bits per heavy atom. The summed E-state index contributed by atoms with van der Waals surface area (Å²) in [5.74, 6) is 0.738. The van der Waals surface area contributed by atoms with Gasteiger partial charge >= 0.3 is 0 Å². The molecule has 0 unspecified atom stereocenters. The molecule has 0 atom stereocenters. The Labute approximate surface area is 160 Å². The molecule has 0 aliphatic heterocycles. The van der Waals surface area contributed by atoms with Crippen molar-refractivity contribution in [1.29, 1.82) is 0 Å². The number of benzene rings is 3. The fourth-order valence-corrected chi connectivity index (χ4v) is 4.56. The SMILES string of the molecule is O=C(Nc1ccccc1)c1ccc(CSc2nc3ccccc3s2)cc1. The van der Waals surface area contributed by atoms with E-state index >= 15 is 0 Å². The maximum absolute atomic E-state index is 12.3. The number of fused-ring (bicyclic) bond motifs is 1. The first-order valence-electron chi connectivity index (χ1n) is 8.22. The minimum absolute atomic E-state index is 0.0958. The number of rotatable bonds is 5. The predicted octanol–water partition coefficient (Wildman–Crippen LogP) is 5.84. The van der Waals surface area contributed by atoms with E-state index in [9.17, 15) is 4.79 Å². The molecule has 1 amide bonds. The van der Waals surface area contributed by atoms with Gasteiger partial charge in [0.05, 0.1) is 10.2 Å². The molecule has 0 aliphatic carbocycles. The molecule has 0 aliphatic rings. The second-order valence-corrected chi connectivity index (χ2v) is 8.01. The smallest absolute Gasteiger partial charge is 0.255 e. The van der Waals surface area contributed by atoms with Crippen LogP contribution >= 0.6 is 23.1 Å². The van der Waals surface area contributed by atoms with Crippen molar-refractivity contribution in [2.24, 2.45) is 0 Å². The molecule has 0 saturated heterocycles. The van der Waals surface area contributed by atoms with Crippen LogP contribution in [0, 0.1) is 0 Å². The van der Waals surface area contributed by atoms with Gasteiger partial charge in [-0.15, -0.1) is 11.3 Å². The summed E-state index contributed by atoms with van der Waals surface area (Å²) in [6.45, 7) is 0. The molecule has 1 aromatic heterocycles. The summed E-state index contributed by atoms with van der Waals surface area (Å²) in [5, 5.41) is 2.90. The highest BCUT2D eigenvalue weighted by Crippen LogP contribution is 2.31. The zero-order valence-corrected chi connectivity index (χ0v) is 15.5. The van der Waals surface area contributed by atoms with Crippen molar-refractivity contribution in [2.75, 3.05) is 5.32 Å². The monoisotopic (exact) mass is 376 g/mol. The van der Waals surface area contributed by atoms with Gasteiger partial charge in [-0.05, 0) is 42.0 Å². The van der Waals surface area contributed by atoms with Crippen LogP contribution in [0.5, 0.6) is 0 Å². The van der Waals surface area contributed by atoms with E-state index in [0.717, 1.165) is 21.3 Å². The predicted molar refractivity (Wildman–Crippen MR) is 110 cm³/mol. The third kappa shape index (κ3) is 3.95. The van der Waals surface area contributed by atoms with Crippen molar-refractivity contribution >= 4 is 44.9 Å². The van der Waals surface area contributed by atoms with Gasteiger partial charge in [-0.1, -0.05) is 54.2 Å². The van der Waals surface area contributed by atoms with Crippen molar-refractivity contribution in [1.82, 2.24) is 4.98 Å². The Bertz CT molecular complexity index is 994. The highest BCUT2D eigenvalue weighted by atomic mass is 32.2. The van der Waals surface area contributed by atoms with Gasteiger partial charge in [0.25, 0.3) is 5.91 Å². The Balaban J connectivity index is 1.38. The number of nitrogens with zero attached hydrogens (tertiary/aromatic N) is 1. The molecule has 26 heavy (non-hydrogen) atoms. The number of carbonyl (C=O) groups excluding carboxylic acids is 1. The Morgan fingerprint density at radius 2 is 1.65 bits per heavy atom. The van der Waals surface area contributed by atoms with Crippen molar-refractivity contribution in [3.05, 3.63) is 90.0 Å². The van der Waals surface area contributed by atoms with E-state index in [4.69, 9.17) is 0 Å². The fourth-order valence-electron chi connectivity index (χ4n) is 2.53. The molecule has 0 fully saturated rings. The average molecular weight is 377 g/mol. The van der Waals surface area contributed by atoms with E-state index < -0.39 is 0 Å². The van der Waals surface area contributed by atoms with Crippen LogP contribution in [-0.4, -0.2) is 10.9 Å². The summed E-state index contributed by atoms with van der Waals surface area (Å²) in [4.78, 5) is 16.9. The Morgan fingerprint density at radius 3 is 2.42 bits per heavy atom. The molecule has 4 aromatic rings. The first kappa shape index (κ1) is 16.8. The van der Waals surface area contributed by atoms with E-state index in [2.05, 4.69) is 16.4 Å². The number of anilines is 1. The van der Waals surface area contributed by atoms with E-state index in [1.54, 1.807) is 23.1 Å². The van der Waals surface area contributed by atoms with Gasteiger partial charge in [-0.2, -0.15) is 0 Å². The summed E-state index contributed by atoms with van der Waals surface area (Å²) in [7, 11) is 0. The van der Waals surface area contributed by atoms with Crippen LogP contribution in [0.4, 0.5) is 5.69 Å². The summed E-state index contributed by atoms with van der Waals surface area (Å²) in [6, 6.07) is 25.4. The van der Waals surface area contributed by atoms with Gasteiger partial charge in [0, 0.05) is 17.0 Å².